The summed E-state index contributed by atoms with van der Waals surface area (Å²) in [6.07, 6.45) is 0.320. The van der Waals surface area contributed by atoms with Crippen molar-refractivity contribution < 1.29 is 4.79 Å². The van der Waals surface area contributed by atoms with Gasteiger partial charge in [0.05, 0.1) is 18.0 Å². The normalized spacial score (nSPS) is 10.8. The molecule has 96 valence electrons. The molecule has 1 amide bonds. The topological polar surface area (TPSA) is 56.1 Å². The van der Waals surface area contributed by atoms with E-state index in [0.29, 0.717) is 13.0 Å². The number of amides is 1. The number of carbonyl (C=O) groups is 1. The molecule has 0 saturated carbocycles. The van der Waals surface area contributed by atoms with E-state index in [-0.39, 0.29) is 5.91 Å². The molecule has 18 heavy (non-hydrogen) atoms. The van der Waals surface area contributed by atoms with Crippen LogP contribution in [0.1, 0.15) is 20.3 Å². The van der Waals surface area contributed by atoms with E-state index in [1.807, 2.05) is 44.2 Å². The molecule has 0 saturated heterocycles. The Balaban J connectivity index is 3.00. The molecule has 0 aromatic heterocycles. The third-order valence-electron chi connectivity index (χ3n) is 2.92. The second-order valence-electron chi connectivity index (χ2n) is 4.58. The maximum Gasteiger partial charge on any atom is 0.246 e. The van der Waals surface area contributed by atoms with E-state index < -0.39 is 5.54 Å². The molecule has 0 aliphatic rings. The number of hydrogen-bond donors (Lipinski definition) is 1. The molecule has 0 aliphatic carbocycles. The average Bonchev–Trinajstić information content (AvgIpc) is 2.40. The molecule has 0 atom stereocenters. The van der Waals surface area contributed by atoms with Crippen LogP contribution in [0.15, 0.2) is 30.3 Å². The van der Waals surface area contributed by atoms with Crippen LogP contribution in [-0.4, -0.2) is 25.0 Å². The molecule has 4 nitrogen and oxygen atoms in total. The largest absolute Gasteiger partial charge is 0.310 e. The fraction of sp³-hybridized carbons (Fsp3) is 0.429. The molecule has 0 unspecified atom stereocenters. The first-order valence-corrected chi connectivity index (χ1v) is 5.96. The second-order valence-corrected chi connectivity index (χ2v) is 4.58. The Bertz CT molecular complexity index is 434. The monoisotopic (exact) mass is 245 g/mol. The smallest absolute Gasteiger partial charge is 0.246 e. The van der Waals surface area contributed by atoms with Gasteiger partial charge >= 0.3 is 0 Å². The minimum atomic E-state index is -0.648. The summed E-state index contributed by atoms with van der Waals surface area (Å²) in [4.78, 5) is 14.1. The van der Waals surface area contributed by atoms with E-state index in [0.717, 1.165) is 5.69 Å². The van der Waals surface area contributed by atoms with Gasteiger partial charge in [0, 0.05) is 12.2 Å². The molecule has 0 fully saturated rings. The zero-order valence-corrected chi connectivity index (χ0v) is 11.1. The number of likely N-dealkylation sites (N-methyl/N-ethyl adjacent to an activating group) is 1. The summed E-state index contributed by atoms with van der Waals surface area (Å²) in [5, 5.41) is 11.7. The number of hydrogen-bond acceptors (Lipinski definition) is 3. The molecule has 1 rings (SSSR count). The molecule has 0 spiro atoms. The summed E-state index contributed by atoms with van der Waals surface area (Å²) >= 11 is 0. The lowest BCUT2D eigenvalue weighted by Gasteiger charge is -2.31. The molecule has 0 heterocycles. The maximum absolute atomic E-state index is 12.5. The van der Waals surface area contributed by atoms with E-state index in [4.69, 9.17) is 5.26 Å². The van der Waals surface area contributed by atoms with Gasteiger partial charge in [0.15, 0.2) is 0 Å². The predicted octanol–water partition coefficient (Wildman–Crippen LogP) is 1.93. The van der Waals surface area contributed by atoms with Crippen LogP contribution in [0.5, 0.6) is 0 Å². The second kappa shape index (κ2) is 6.18. The number of nitriles is 1. The molecule has 1 aromatic rings. The van der Waals surface area contributed by atoms with Gasteiger partial charge in [0.2, 0.25) is 5.91 Å². The number of para-hydroxylation sites is 1. The van der Waals surface area contributed by atoms with E-state index in [2.05, 4.69) is 11.4 Å². The van der Waals surface area contributed by atoms with Crippen molar-refractivity contribution >= 4 is 11.6 Å². The lowest BCUT2D eigenvalue weighted by molar-refractivity contribution is -0.123. The third kappa shape index (κ3) is 3.31. The van der Waals surface area contributed by atoms with Gasteiger partial charge in [-0.3, -0.25) is 4.79 Å². The Kier molecular flexibility index (Phi) is 4.87. The quantitative estimate of drug-likeness (QED) is 0.862. The highest BCUT2D eigenvalue weighted by Gasteiger charge is 2.30. The van der Waals surface area contributed by atoms with Gasteiger partial charge in [-0.05, 0) is 33.0 Å². The summed E-state index contributed by atoms with van der Waals surface area (Å²) in [6, 6.07) is 11.5. The Morgan fingerprint density at radius 3 is 2.50 bits per heavy atom. The van der Waals surface area contributed by atoms with Gasteiger partial charge in [-0.15, -0.1) is 0 Å². The Labute approximate surface area is 108 Å². The van der Waals surface area contributed by atoms with Crippen LogP contribution in [-0.2, 0) is 4.79 Å². The van der Waals surface area contributed by atoms with Crippen LogP contribution in [0.2, 0.25) is 0 Å². The van der Waals surface area contributed by atoms with Crippen LogP contribution in [0, 0.1) is 11.3 Å². The van der Waals surface area contributed by atoms with Crippen LogP contribution < -0.4 is 10.2 Å². The Hall–Kier alpha value is -1.86. The molecular weight excluding hydrogens is 226 g/mol. The van der Waals surface area contributed by atoms with E-state index in [1.54, 1.807) is 11.9 Å². The van der Waals surface area contributed by atoms with Crippen molar-refractivity contribution in [1.82, 2.24) is 5.32 Å². The van der Waals surface area contributed by atoms with Crippen molar-refractivity contribution in [3.05, 3.63) is 30.3 Å². The van der Waals surface area contributed by atoms with Crippen LogP contribution >= 0.6 is 0 Å². The van der Waals surface area contributed by atoms with Gasteiger partial charge in [0.1, 0.15) is 0 Å². The summed E-state index contributed by atoms with van der Waals surface area (Å²) in [7, 11) is 1.76. The van der Waals surface area contributed by atoms with Crippen LogP contribution in [0.4, 0.5) is 5.69 Å². The zero-order chi connectivity index (χ0) is 13.6. The van der Waals surface area contributed by atoms with Gasteiger partial charge in [-0.1, -0.05) is 18.2 Å². The average molecular weight is 245 g/mol. The number of benzene rings is 1. The van der Waals surface area contributed by atoms with Crippen molar-refractivity contribution in [3.8, 4) is 6.07 Å². The Morgan fingerprint density at radius 2 is 2.00 bits per heavy atom. The zero-order valence-electron chi connectivity index (χ0n) is 11.1. The summed E-state index contributed by atoms with van der Waals surface area (Å²) in [5.74, 6) is -0.0357. The van der Waals surface area contributed by atoms with Crippen molar-refractivity contribution in [2.24, 2.45) is 0 Å². The number of carbonyl (C=O) groups excluding carboxylic acids is 1. The molecule has 0 radical (unpaired) electrons. The van der Waals surface area contributed by atoms with E-state index in [1.165, 1.54) is 0 Å². The van der Waals surface area contributed by atoms with Gasteiger partial charge in [0.25, 0.3) is 0 Å². The number of anilines is 1. The molecule has 0 aliphatic heterocycles. The molecule has 1 aromatic carbocycles. The van der Waals surface area contributed by atoms with Crippen molar-refractivity contribution in [2.75, 3.05) is 18.5 Å². The van der Waals surface area contributed by atoms with Gasteiger partial charge in [-0.2, -0.15) is 5.26 Å². The summed E-state index contributed by atoms with van der Waals surface area (Å²) in [5.41, 5.74) is 0.173. The summed E-state index contributed by atoms with van der Waals surface area (Å²) < 4.78 is 0. The maximum atomic E-state index is 12.5. The highest BCUT2D eigenvalue weighted by atomic mass is 16.2. The fourth-order valence-electron chi connectivity index (χ4n) is 1.56. The SMILES string of the molecule is CNC(C)(C)C(=O)N(CCC#N)c1ccccc1. The van der Waals surface area contributed by atoms with Crippen molar-refractivity contribution in [3.63, 3.8) is 0 Å². The first-order chi connectivity index (χ1) is 8.53. The molecule has 0 bridgehead atoms. The lowest BCUT2D eigenvalue weighted by atomic mass is 10.0. The number of rotatable bonds is 5. The first-order valence-electron chi connectivity index (χ1n) is 5.96. The van der Waals surface area contributed by atoms with Crippen LogP contribution in [0.25, 0.3) is 0 Å². The number of nitrogens with one attached hydrogen (secondary N) is 1. The van der Waals surface area contributed by atoms with Crippen molar-refractivity contribution in [2.45, 2.75) is 25.8 Å². The predicted molar refractivity (Wildman–Crippen MR) is 72.2 cm³/mol. The fourth-order valence-corrected chi connectivity index (χ4v) is 1.56. The highest BCUT2D eigenvalue weighted by molar-refractivity contribution is 5.99. The highest BCUT2D eigenvalue weighted by Crippen LogP contribution is 2.18. The van der Waals surface area contributed by atoms with Crippen molar-refractivity contribution in [1.29, 1.82) is 5.26 Å². The molecule has 1 N–H and O–H groups in total. The third-order valence-corrected chi connectivity index (χ3v) is 2.92. The number of nitrogens with zero attached hydrogens (tertiary/aromatic N) is 2. The van der Waals surface area contributed by atoms with E-state index >= 15 is 0 Å². The first kappa shape index (κ1) is 14.2. The summed E-state index contributed by atoms with van der Waals surface area (Å²) in [6.45, 7) is 4.07. The lowest BCUT2D eigenvalue weighted by Crippen LogP contribution is -2.53. The molecular formula is C14H19N3O. The minimum Gasteiger partial charge on any atom is -0.310 e. The standard InChI is InChI=1S/C14H19N3O/c1-14(2,16-3)13(18)17(11-7-10-15)12-8-5-4-6-9-12/h4-6,8-9,16H,7,11H2,1-3H3. The van der Waals surface area contributed by atoms with Crippen LogP contribution in [0.3, 0.4) is 0 Å². The van der Waals surface area contributed by atoms with Gasteiger partial charge < -0.3 is 10.2 Å². The minimum absolute atomic E-state index is 0.0357. The molecule has 4 heteroatoms. The van der Waals surface area contributed by atoms with E-state index in [9.17, 15) is 4.79 Å². The Morgan fingerprint density at radius 1 is 1.39 bits per heavy atom. The van der Waals surface area contributed by atoms with Gasteiger partial charge in [-0.25, -0.2) is 0 Å².